The maximum absolute atomic E-state index is 11.1. The van der Waals surface area contributed by atoms with Crippen LogP contribution in [0.1, 0.15) is 32.6 Å². The Morgan fingerprint density at radius 2 is 2.00 bits per heavy atom. The first-order valence-electron chi connectivity index (χ1n) is 5.63. The fourth-order valence-electron chi connectivity index (χ4n) is 2.51. The summed E-state index contributed by atoms with van der Waals surface area (Å²) in [6.45, 7) is 3.27. The lowest BCUT2D eigenvalue weighted by molar-refractivity contribution is -0.132. The molecule has 80 valence electrons. The largest absolute Gasteiger partial charge is 0.370 e. The maximum Gasteiger partial charge on any atom is 0.246 e. The number of nitrogens with one attached hydrogen (secondary N) is 1. The molecule has 0 radical (unpaired) electrons. The van der Waals surface area contributed by atoms with Crippen LogP contribution in [0.15, 0.2) is 0 Å². The van der Waals surface area contributed by atoms with Gasteiger partial charge in [-0.2, -0.15) is 0 Å². The fraction of sp³-hybridized carbons (Fsp3) is 0.909. The Morgan fingerprint density at radius 3 is 2.64 bits per heavy atom. The SMILES string of the molecule is CC1CCC(C2COCC(=O)N2)CC1. The first kappa shape index (κ1) is 9.97. The average Bonchev–Trinajstić information content (AvgIpc) is 2.19. The molecule has 3 heteroatoms. The lowest BCUT2D eigenvalue weighted by atomic mass is 9.79. The first-order valence-corrected chi connectivity index (χ1v) is 5.63. The highest BCUT2D eigenvalue weighted by Crippen LogP contribution is 2.30. The molecule has 1 amide bonds. The number of amides is 1. The quantitative estimate of drug-likeness (QED) is 0.688. The van der Waals surface area contributed by atoms with Gasteiger partial charge in [0.1, 0.15) is 6.61 Å². The van der Waals surface area contributed by atoms with Gasteiger partial charge in [0.15, 0.2) is 0 Å². The van der Waals surface area contributed by atoms with Crippen molar-refractivity contribution in [2.24, 2.45) is 11.8 Å². The van der Waals surface area contributed by atoms with E-state index in [0.717, 1.165) is 5.92 Å². The van der Waals surface area contributed by atoms with Crippen LogP contribution in [0.4, 0.5) is 0 Å². The van der Waals surface area contributed by atoms with Crippen molar-refractivity contribution in [3.63, 3.8) is 0 Å². The standard InChI is InChI=1S/C11H19NO2/c1-8-2-4-9(5-3-8)10-6-14-7-11(13)12-10/h8-10H,2-7H2,1H3,(H,12,13). The molecule has 1 unspecified atom stereocenters. The van der Waals surface area contributed by atoms with Gasteiger partial charge in [-0.05, 0) is 24.7 Å². The second-order valence-corrected chi connectivity index (χ2v) is 4.71. The summed E-state index contributed by atoms with van der Waals surface area (Å²) in [5.41, 5.74) is 0. The fourth-order valence-corrected chi connectivity index (χ4v) is 2.51. The molecule has 1 saturated carbocycles. The van der Waals surface area contributed by atoms with Crippen molar-refractivity contribution in [1.82, 2.24) is 5.32 Å². The molecule has 2 fully saturated rings. The second kappa shape index (κ2) is 4.30. The van der Waals surface area contributed by atoms with Gasteiger partial charge in [-0.25, -0.2) is 0 Å². The van der Waals surface area contributed by atoms with Crippen molar-refractivity contribution in [2.75, 3.05) is 13.2 Å². The van der Waals surface area contributed by atoms with Crippen LogP contribution in [0.3, 0.4) is 0 Å². The van der Waals surface area contributed by atoms with Crippen molar-refractivity contribution in [1.29, 1.82) is 0 Å². The zero-order chi connectivity index (χ0) is 9.97. The number of carbonyl (C=O) groups is 1. The molecule has 1 atom stereocenters. The Morgan fingerprint density at radius 1 is 1.29 bits per heavy atom. The van der Waals surface area contributed by atoms with E-state index in [9.17, 15) is 4.79 Å². The molecule has 1 N–H and O–H groups in total. The van der Waals surface area contributed by atoms with E-state index in [4.69, 9.17) is 4.74 Å². The zero-order valence-corrected chi connectivity index (χ0v) is 8.79. The summed E-state index contributed by atoms with van der Waals surface area (Å²) in [7, 11) is 0. The van der Waals surface area contributed by atoms with E-state index in [1.165, 1.54) is 25.7 Å². The highest BCUT2D eigenvalue weighted by atomic mass is 16.5. The maximum atomic E-state index is 11.1. The molecule has 0 spiro atoms. The molecule has 0 aromatic rings. The third kappa shape index (κ3) is 2.27. The summed E-state index contributed by atoms with van der Waals surface area (Å²) in [6, 6.07) is 0.281. The normalized spacial score (nSPS) is 39.2. The van der Waals surface area contributed by atoms with Crippen molar-refractivity contribution >= 4 is 5.91 Å². The molecule has 1 heterocycles. The van der Waals surface area contributed by atoms with E-state index in [-0.39, 0.29) is 18.6 Å². The minimum absolute atomic E-state index is 0.0554. The molecule has 2 rings (SSSR count). The predicted molar refractivity (Wildman–Crippen MR) is 53.9 cm³/mol. The number of hydrogen-bond donors (Lipinski definition) is 1. The smallest absolute Gasteiger partial charge is 0.246 e. The Bertz CT molecular complexity index is 209. The number of hydrogen-bond acceptors (Lipinski definition) is 2. The zero-order valence-electron chi connectivity index (χ0n) is 8.79. The van der Waals surface area contributed by atoms with Gasteiger partial charge in [0.2, 0.25) is 5.91 Å². The Hall–Kier alpha value is -0.570. The van der Waals surface area contributed by atoms with Crippen molar-refractivity contribution < 1.29 is 9.53 Å². The van der Waals surface area contributed by atoms with Crippen molar-refractivity contribution in [2.45, 2.75) is 38.6 Å². The Labute approximate surface area is 85.2 Å². The molecular weight excluding hydrogens is 178 g/mol. The summed E-state index contributed by atoms with van der Waals surface area (Å²) in [4.78, 5) is 11.1. The highest BCUT2D eigenvalue weighted by Gasteiger charge is 2.29. The van der Waals surface area contributed by atoms with Gasteiger partial charge >= 0.3 is 0 Å². The van der Waals surface area contributed by atoms with Crippen LogP contribution in [0.2, 0.25) is 0 Å². The number of rotatable bonds is 1. The molecule has 0 aromatic carbocycles. The molecule has 1 aliphatic heterocycles. The second-order valence-electron chi connectivity index (χ2n) is 4.71. The minimum atomic E-state index is 0.0554. The summed E-state index contributed by atoms with van der Waals surface area (Å²) in [5, 5.41) is 3.04. The van der Waals surface area contributed by atoms with Gasteiger partial charge in [-0.3, -0.25) is 4.79 Å². The molecule has 2 aliphatic rings. The minimum Gasteiger partial charge on any atom is -0.370 e. The van der Waals surface area contributed by atoms with Gasteiger partial charge in [0.05, 0.1) is 12.6 Å². The molecule has 0 aromatic heterocycles. The molecule has 1 saturated heterocycles. The highest BCUT2D eigenvalue weighted by molar-refractivity contribution is 5.78. The molecule has 14 heavy (non-hydrogen) atoms. The molecule has 1 aliphatic carbocycles. The monoisotopic (exact) mass is 197 g/mol. The third-order valence-electron chi connectivity index (χ3n) is 3.51. The van der Waals surface area contributed by atoms with Gasteiger partial charge in [0.25, 0.3) is 0 Å². The van der Waals surface area contributed by atoms with Crippen molar-refractivity contribution in [3.8, 4) is 0 Å². The number of carbonyl (C=O) groups excluding carboxylic acids is 1. The van der Waals surface area contributed by atoms with Gasteiger partial charge in [-0.15, -0.1) is 0 Å². The van der Waals surface area contributed by atoms with Crippen molar-refractivity contribution in [3.05, 3.63) is 0 Å². The van der Waals surface area contributed by atoms with E-state index in [1.54, 1.807) is 0 Å². The van der Waals surface area contributed by atoms with E-state index < -0.39 is 0 Å². The van der Waals surface area contributed by atoms with E-state index in [2.05, 4.69) is 12.2 Å². The van der Waals surface area contributed by atoms with E-state index in [0.29, 0.717) is 12.5 Å². The van der Waals surface area contributed by atoms with Gasteiger partial charge in [-0.1, -0.05) is 19.8 Å². The predicted octanol–water partition coefficient (Wildman–Crippen LogP) is 1.33. The van der Waals surface area contributed by atoms with Crippen LogP contribution in [0.25, 0.3) is 0 Å². The topological polar surface area (TPSA) is 38.3 Å². The molecule has 0 bridgehead atoms. The van der Waals surface area contributed by atoms with E-state index in [1.807, 2.05) is 0 Å². The Kier molecular flexibility index (Phi) is 3.06. The van der Waals surface area contributed by atoms with Crippen LogP contribution >= 0.6 is 0 Å². The number of ether oxygens (including phenoxy) is 1. The molecular formula is C11H19NO2. The Balaban J connectivity index is 1.85. The van der Waals surface area contributed by atoms with E-state index >= 15 is 0 Å². The number of morpholine rings is 1. The first-order chi connectivity index (χ1) is 6.75. The van der Waals surface area contributed by atoms with Crippen LogP contribution < -0.4 is 5.32 Å². The van der Waals surface area contributed by atoms with Crippen LogP contribution in [0, 0.1) is 11.8 Å². The lowest BCUT2D eigenvalue weighted by Crippen LogP contribution is -2.50. The summed E-state index contributed by atoms with van der Waals surface area (Å²) in [6.07, 6.45) is 5.10. The summed E-state index contributed by atoms with van der Waals surface area (Å²) >= 11 is 0. The lowest BCUT2D eigenvalue weighted by Gasteiger charge is -2.35. The molecule has 3 nitrogen and oxygen atoms in total. The summed E-state index contributed by atoms with van der Waals surface area (Å²) < 4.78 is 5.26. The average molecular weight is 197 g/mol. The van der Waals surface area contributed by atoms with Crippen LogP contribution in [-0.4, -0.2) is 25.2 Å². The third-order valence-corrected chi connectivity index (χ3v) is 3.51. The van der Waals surface area contributed by atoms with Crippen LogP contribution in [-0.2, 0) is 9.53 Å². The van der Waals surface area contributed by atoms with Gasteiger partial charge in [0, 0.05) is 0 Å². The summed E-state index contributed by atoms with van der Waals surface area (Å²) in [5.74, 6) is 1.57. The van der Waals surface area contributed by atoms with Gasteiger partial charge < -0.3 is 10.1 Å². The van der Waals surface area contributed by atoms with Crippen LogP contribution in [0.5, 0.6) is 0 Å².